The average Bonchev–Trinajstić information content (AvgIpc) is 2.96. The average molecular weight is 539 g/mol. The second-order valence-corrected chi connectivity index (χ2v) is 10.6. The zero-order chi connectivity index (χ0) is 29.3. The summed E-state index contributed by atoms with van der Waals surface area (Å²) in [4.78, 5) is 10.5. The van der Waals surface area contributed by atoms with E-state index < -0.39 is 5.60 Å². The number of aldehydes is 1. The molecule has 2 aromatic carbocycles. The summed E-state index contributed by atoms with van der Waals surface area (Å²) >= 11 is 0. The second kappa shape index (κ2) is 18.0. The zero-order valence-electron chi connectivity index (χ0n) is 25.7. The maximum Gasteiger partial charge on any atom is 0.122 e. The third-order valence-corrected chi connectivity index (χ3v) is 8.13. The largest absolute Gasteiger partial charge is 0.493 e. The van der Waals surface area contributed by atoms with Crippen LogP contribution in [0.25, 0.3) is 6.08 Å². The van der Waals surface area contributed by atoms with Gasteiger partial charge in [-0.1, -0.05) is 83.0 Å². The van der Waals surface area contributed by atoms with Crippen molar-refractivity contribution >= 4 is 12.4 Å². The van der Waals surface area contributed by atoms with Gasteiger partial charge in [-0.05, 0) is 92.7 Å². The van der Waals surface area contributed by atoms with Crippen LogP contribution in [0.3, 0.4) is 0 Å². The topological polar surface area (TPSA) is 66.8 Å². The summed E-state index contributed by atoms with van der Waals surface area (Å²) in [6.45, 7) is 13.8. The lowest BCUT2D eigenvalue weighted by molar-refractivity contribution is -0.107. The number of aliphatic hydroxyl groups excluding tert-OH is 1. The Balaban J connectivity index is 0.00000371. The van der Waals surface area contributed by atoms with E-state index in [2.05, 4.69) is 84.0 Å². The molecule has 2 rings (SSSR count). The number of hydrogen-bond acceptors (Lipinski definition) is 4. The predicted octanol–water partition coefficient (Wildman–Crippen LogP) is 8.50. The van der Waals surface area contributed by atoms with Crippen molar-refractivity contribution in [1.82, 2.24) is 0 Å². The van der Waals surface area contributed by atoms with Crippen molar-refractivity contribution in [3.05, 3.63) is 70.3 Å². The summed E-state index contributed by atoms with van der Waals surface area (Å²) in [5.74, 6) is 0.948. The van der Waals surface area contributed by atoms with Crippen molar-refractivity contribution in [3.63, 3.8) is 0 Å². The molecule has 0 saturated carbocycles. The number of hydrogen-bond donors (Lipinski definition) is 2. The van der Waals surface area contributed by atoms with Gasteiger partial charge >= 0.3 is 0 Å². The van der Waals surface area contributed by atoms with Gasteiger partial charge in [0.1, 0.15) is 12.0 Å². The monoisotopic (exact) mass is 538 g/mol. The van der Waals surface area contributed by atoms with E-state index in [1.807, 2.05) is 6.08 Å². The van der Waals surface area contributed by atoms with Gasteiger partial charge in [0.05, 0.1) is 12.2 Å². The maximum atomic E-state index is 11.0. The first-order valence-electron chi connectivity index (χ1n) is 14.9. The van der Waals surface area contributed by atoms with E-state index in [0.717, 1.165) is 76.9 Å². The minimum Gasteiger partial charge on any atom is -0.493 e. The molecule has 0 amide bonds. The predicted molar refractivity (Wildman–Crippen MR) is 166 cm³/mol. The quantitative estimate of drug-likeness (QED) is 0.156. The summed E-state index contributed by atoms with van der Waals surface area (Å²) < 4.78 is 6.06. The molecule has 0 aliphatic rings. The van der Waals surface area contributed by atoms with E-state index in [4.69, 9.17) is 9.84 Å². The molecular formula is C35H54O4. The molecule has 2 aromatic rings. The van der Waals surface area contributed by atoms with Gasteiger partial charge in [-0.15, -0.1) is 0 Å². The van der Waals surface area contributed by atoms with E-state index in [-0.39, 0.29) is 5.41 Å². The molecule has 0 saturated heterocycles. The molecule has 39 heavy (non-hydrogen) atoms. The van der Waals surface area contributed by atoms with E-state index in [1.54, 1.807) is 0 Å². The van der Waals surface area contributed by atoms with Crippen LogP contribution in [0.1, 0.15) is 120 Å². The minimum atomic E-state index is -0.728. The highest BCUT2D eigenvalue weighted by Gasteiger charge is 2.31. The van der Waals surface area contributed by atoms with Crippen LogP contribution in [0.4, 0.5) is 0 Å². The number of rotatable bonds is 17. The van der Waals surface area contributed by atoms with Gasteiger partial charge in [-0.2, -0.15) is 0 Å². The number of unbranched alkanes of at least 4 members (excludes halogenated alkanes) is 4. The third kappa shape index (κ3) is 9.92. The lowest BCUT2D eigenvalue weighted by atomic mass is 9.70. The van der Waals surface area contributed by atoms with Crippen molar-refractivity contribution in [2.75, 3.05) is 13.7 Å². The summed E-state index contributed by atoms with van der Waals surface area (Å²) in [7, 11) is 1.00. The molecule has 1 unspecified atom stereocenters. The fraction of sp³-hybridized carbons (Fsp3) is 0.571. The Bertz CT molecular complexity index is 1010. The lowest BCUT2D eigenvalue weighted by Gasteiger charge is -2.34. The molecule has 4 heteroatoms. The van der Waals surface area contributed by atoms with Gasteiger partial charge in [0, 0.05) is 18.9 Å². The van der Waals surface area contributed by atoms with E-state index in [1.165, 1.54) is 27.8 Å². The van der Waals surface area contributed by atoms with Gasteiger partial charge in [0.15, 0.2) is 0 Å². The summed E-state index contributed by atoms with van der Waals surface area (Å²) in [5.41, 5.74) is 5.45. The van der Waals surface area contributed by atoms with Crippen LogP contribution in [-0.4, -0.2) is 35.8 Å². The molecule has 2 N–H and O–H groups in total. The van der Waals surface area contributed by atoms with E-state index in [9.17, 15) is 9.90 Å². The number of ether oxygens (including phenoxy) is 1. The standard InChI is InChI=1S/C34H50O3.CH4O/c1-7-11-21-33(36,8-2)22-20-29-16-17-30(25-27(29)5)34(9-3,10-4)31-18-19-32(28(6)26-31)37-24-15-13-12-14-23-35;1-2/h16-20,22-23,25-26,36H,7-15,21,24H2,1-6H3;2H,1H3/b22-20+;. The number of aryl methyl sites for hydroxylation is 2. The molecule has 0 spiro atoms. The van der Waals surface area contributed by atoms with Crippen molar-refractivity contribution in [2.45, 2.75) is 117 Å². The number of carbonyl (C=O) groups excluding carboxylic acids is 1. The first-order chi connectivity index (χ1) is 18.8. The third-order valence-electron chi connectivity index (χ3n) is 8.13. The van der Waals surface area contributed by atoms with Crippen molar-refractivity contribution in [1.29, 1.82) is 0 Å². The van der Waals surface area contributed by atoms with Crippen molar-refractivity contribution < 1.29 is 19.7 Å². The van der Waals surface area contributed by atoms with Crippen molar-refractivity contribution in [2.24, 2.45) is 0 Å². The number of carbonyl (C=O) groups is 1. The lowest BCUT2D eigenvalue weighted by Crippen LogP contribution is -2.26. The maximum absolute atomic E-state index is 11.0. The van der Waals surface area contributed by atoms with Crippen LogP contribution in [0, 0.1) is 13.8 Å². The fourth-order valence-electron chi connectivity index (χ4n) is 5.30. The normalized spacial score (nSPS) is 13.1. The molecule has 0 fully saturated rings. The van der Waals surface area contributed by atoms with Crippen LogP contribution in [0.15, 0.2) is 42.5 Å². The number of aliphatic hydroxyl groups is 2. The molecule has 0 aromatic heterocycles. The Morgan fingerprint density at radius 1 is 0.821 bits per heavy atom. The summed E-state index contributed by atoms with van der Waals surface area (Å²) in [6, 6.07) is 13.5. The molecule has 0 aliphatic heterocycles. The van der Waals surface area contributed by atoms with Crippen LogP contribution in [-0.2, 0) is 10.2 Å². The Kier molecular flexibility index (Phi) is 16.0. The van der Waals surface area contributed by atoms with Crippen molar-refractivity contribution in [3.8, 4) is 5.75 Å². The molecule has 0 bridgehead atoms. The molecule has 0 heterocycles. The highest BCUT2D eigenvalue weighted by atomic mass is 16.5. The first kappa shape index (κ1) is 34.6. The summed E-state index contributed by atoms with van der Waals surface area (Å²) in [6.07, 6.45) is 14.4. The van der Waals surface area contributed by atoms with E-state index >= 15 is 0 Å². The summed E-state index contributed by atoms with van der Waals surface area (Å²) in [5, 5.41) is 18.0. The molecule has 218 valence electrons. The Hall–Kier alpha value is -2.43. The van der Waals surface area contributed by atoms with Crippen LogP contribution in [0.2, 0.25) is 0 Å². The highest BCUT2D eigenvalue weighted by molar-refractivity contribution is 5.57. The first-order valence-corrected chi connectivity index (χ1v) is 14.9. The Morgan fingerprint density at radius 3 is 2.00 bits per heavy atom. The SMILES string of the molecule is CCCCC(O)(/C=C/c1ccc(C(CC)(CC)c2ccc(OCCCCCC=O)c(C)c2)cc1C)CC.CO. The number of benzene rings is 2. The fourth-order valence-corrected chi connectivity index (χ4v) is 5.30. The van der Waals surface area contributed by atoms with Crippen LogP contribution < -0.4 is 4.74 Å². The van der Waals surface area contributed by atoms with Gasteiger partial charge in [-0.25, -0.2) is 0 Å². The second-order valence-electron chi connectivity index (χ2n) is 10.6. The highest BCUT2D eigenvalue weighted by Crippen LogP contribution is 2.41. The molecular weight excluding hydrogens is 484 g/mol. The van der Waals surface area contributed by atoms with Crippen LogP contribution in [0.5, 0.6) is 5.75 Å². The smallest absolute Gasteiger partial charge is 0.122 e. The Labute approximate surface area is 238 Å². The van der Waals surface area contributed by atoms with Gasteiger partial charge in [0.2, 0.25) is 0 Å². The zero-order valence-corrected chi connectivity index (χ0v) is 25.7. The van der Waals surface area contributed by atoms with Gasteiger partial charge in [0.25, 0.3) is 0 Å². The molecule has 0 radical (unpaired) electrons. The van der Waals surface area contributed by atoms with Gasteiger partial charge in [-0.3, -0.25) is 0 Å². The van der Waals surface area contributed by atoms with Gasteiger partial charge < -0.3 is 19.7 Å². The van der Waals surface area contributed by atoms with E-state index in [0.29, 0.717) is 13.0 Å². The molecule has 0 aliphatic carbocycles. The molecule has 4 nitrogen and oxygen atoms in total. The minimum absolute atomic E-state index is 0.0591. The van der Waals surface area contributed by atoms with Crippen LogP contribution >= 0.6 is 0 Å². The molecule has 1 atom stereocenters. The Morgan fingerprint density at radius 2 is 1.46 bits per heavy atom.